The van der Waals surface area contributed by atoms with E-state index in [1.807, 2.05) is 60.4 Å². The number of aromatic nitrogens is 1. The molecule has 0 unspecified atom stereocenters. The molecule has 4 heteroatoms. The van der Waals surface area contributed by atoms with Gasteiger partial charge in [0.2, 0.25) is 0 Å². The quantitative estimate of drug-likeness (QED) is 0.917. The van der Waals surface area contributed by atoms with Crippen molar-refractivity contribution in [3.63, 3.8) is 0 Å². The fourth-order valence-electron chi connectivity index (χ4n) is 2.43. The summed E-state index contributed by atoms with van der Waals surface area (Å²) in [5.74, 6) is 0. The number of nitrogens with one attached hydrogen (secondary N) is 1. The van der Waals surface area contributed by atoms with Gasteiger partial charge in [0, 0.05) is 18.8 Å². The predicted octanol–water partition coefficient (Wildman–Crippen LogP) is 3.52. The van der Waals surface area contributed by atoms with Crippen LogP contribution in [0.15, 0.2) is 54.7 Å². The molecular formula is C18H21N3O. The van der Waals surface area contributed by atoms with Gasteiger partial charge in [-0.2, -0.15) is 0 Å². The second-order valence-corrected chi connectivity index (χ2v) is 5.77. The van der Waals surface area contributed by atoms with Crippen LogP contribution in [0.2, 0.25) is 0 Å². The molecule has 1 heterocycles. The Kier molecular flexibility index (Phi) is 4.37. The molecule has 1 atom stereocenters. The zero-order valence-corrected chi connectivity index (χ0v) is 12.8. The number of carbonyl (C=O) groups is 1. The summed E-state index contributed by atoms with van der Waals surface area (Å²) in [4.78, 5) is 18.9. The summed E-state index contributed by atoms with van der Waals surface area (Å²) < 4.78 is 0. The average molecular weight is 295 g/mol. The molecule has 2 aromatic rings. The number of hydrogen-bond acceptors (Lipinski definition) is 2. The molecule has 0 aliphatic heterocycles. The third kappa shape index (κ3) is 3.64. The van der Waals surface area contributed by atoms with Gasteiger partial charge in [-0.3, -0.25) is 4.98 Å². The average Bonchev–Trinajstić information content (AvgIpc) is 3.37. The van der Waals surface area contributed by atoms with Crippen LogP contribution in [0.1, 0.15) is 37.1 Å². The first-order valence-corrected chi connectivity index (χ1v) is 7.76. The summed E-state index contributed by atoms with van der Waals surface area (Å²) in [7, 11) is 0. The van der Waals surface area contributed by atoms with Crippen LogP contribution >= 0.6 is 0 Å². The van der Waals surface area contributed by atoms with E-state index in [2.05, 4.69) is 10.3 Å². The number of amides is 2. The normalized spacial score (nSPS) is 15.1. The maximum Gasteiger partial charge on any atom is 0.318 e. The van der Waals surface area contributed by atoms with Crippen LogP contribution in [0.25, 0.3) is 0 Å². The number of carbonyl (C=O) groups excluding carboxylic acids is 1. The lowest BCUT2D eigenvalue weighted by Gasteiger charge is -2.29. The first kappa shape index (κ1) is 14.6. The Morgan fingerprint density at radius 1 is 1.23 bits per heavy atom. The number of nitrogens with zero attached hydrogens (tertiary/aromatic N) is 2. The topological polar surface area (TPSA) is 45.2 Å². The maximum absolute atomic E-state index is 12.6. The van der Waals surface area contributed by atoms with Crippen molar-refractivity contribution in [3.05, 3.63) is 66.0 Å². The molecule has 0 saturated heterocycles. The molecule has 1 fully saturated rings. The number of pyridine rings is 1. The lowest BCUT2D eigenvalue weighted by molar-refractivity contribution is 0.173. The first-order chi connectivity index (χ1) is 10.7. The van der Waals surface area contributed by atoms with Crippen molar-refractivity contribution >= 4 is 6.03 Å². The van der Waals surface area contributed by atoms with Crippen molar-refractivity contribution in [2.24, 2.45) is 0 Å². The molecule has 1 saturated carbocycles. The van der Waals surface area contributed by atoms with E-state index < -0.39 is 0 Å². The molecule has 0 radical (unpaired) electrons. The third-order valence-corrected chi connectivity index (χ3v) is 3.94. The van der Waals surface area contributed by atoms with Crippen molar-refractivity contribution in [2.75, 3.05) is 0 Å². The van der Waals surface area contributed by atoms with Crippen molar-refractivity contribution in [2.45, 2.75) is 38.4 Å². The minimum absolute atomic E-state index is 0.00972. The Balaban J connectivity index is 1.79. The summed E-state index contributed by atoms with van der Waals surface area (Å²) in [6.45, 7) is 2.61. The van der Waals surface area contributed by atoms with Gasteiger partial charge in [0.1, 0.15) is 0 Å². The third-order valence-electron chi connectivity index (χ3n) is 3.94. The summed E-state index contributed by atoms with van der Waals surface area (Å²) in [5, 5.41) is 3.08. The van der Waals surface area contributed by atoms with Crippen molar-refractivity contribution < 1.29 is 4.79 Å². The molecule has 1 N–H and O–H groups in total. The van der Waals surface area contributed by atoms with E-state index >= 15 is 0 Å². The Bertz CT molecular complexity index is 611. The molecule has 1 aromatic carbocycles. The minimum atomic E-state index is -0.0693. The van der Waals surface area contributed by atoms with Gasteiger partial charge in [0.25, 0.3) is 0 Å². The van der Waals surface area contributed by atoms with Gasteiger partial charge in [-0.1, -0.05) is 36.4 Å². The van der Waals surface area contributed by atoms with E-state index in [0.717, 1.165) is 24.1 Å². The van der Waals surface area contributed by atoms with E-state index in [1.165, 1.54) is 0 Å². The fourth-order valence-corrected chi connectivity index (χ4v) is 2.43. The van der Waals surface area contributed by atoms with Crippen molar-refractivity contribution in [1.29, 1.82) is 0 Å². The second kappa shape index (κ2) is 6.60. The van der Waals surface area contributed by atoms with Crippen LogP contribution in [0.5, 0.6) is 0 Å². The van der Waals surface area contributed by atoms with Crippen molar-refractivity contribution in [3.8, 4) is 0 Å². The highest BCUT2D eigenvalue weighted by Gasteiger charge is 2.28. The SMILES string of the molecule is C[C@@H](c1ccccn1)N(Cc1ccccc1)C(=O)NC1CC1. The number of urea groups is 1. The van der Waals surface area contributed by atoms with Crippen LogP contribution in [-0.4, -0.2) is 22.0 Å². The Hall–Kier alpha value is -2.36. The largest absolute Gasteiger partial charge is 0.335 e. The lowest BCUT2D eigenvalue weighted by Crippen LogP contribution is -2.42. The maximum atomic E-state index is 12.6. The minimum Gasteiger partial charge on any atom is -0.335 e. The van der Waals surface area contributed by atoms with Gasteiger partial charge >= 0.3 is 6.03 Å². The molecule has 1 aromatic heterocycles. The number of rotatable bonds is 5. The number of benzene rings is 1. The Morgan fingerprint density at radius 2 is 1.95 bits per heavy atom. The molecule has 2 amide bonds. The molecule has 0 spiro atoms. The zero-order chi connectivity index (χ0) is 15.4. The zero-order valence-electron chi connectivity index (χ0n) is 12.8. The highest BCUT2D eigenvalue weighted by molar-refractivity contribution is 5.75. The van der Waals surface area contributed by atoms with Gasteiger partial charge in [-0.15, -0.1) is 0 Å². The summed E-state index contributed by atoms with van der Waals surface area (Å²) in [6.07, 6.45) is 3.94. The van der Waals surface area contributed by atoms with E-state index in [4.69, 9.17) is 0 Å². The monoisotopic (exact) mass is 295 g/mol. The van der Waals surface area contributed by atoms with Gasteiger partial charge < -0.3 is 10.2 Å². The van der Waals surface area contributed by atoms with Gasteiger partial charge in [-0.25, -0.2) is 4.79 Å². The highest BCUT2D eigenvalue weighted by Crippen LogP contribution is 2.24. The van der Waals surface area contributed by atoms with E-state index in [0.29, 0.717) is 12.6 Å². The van der Waals surface area contributed by atoms with Gasteiger partial charge in [0.05, 0.1) is 11.7 Å². The first-order valence-electron chi connectivity index (χ1n) is 7.76. The molecule has 1 aliphatic carbocycles. The Morgan fingerprint density at radius 3 is 2.59 bits per heavy atom. The van der Waals surface area contributed by atoms with Crippen LogP contribution in [-0.2, 0) is 6.54 Å². The van der Waals surface area contributed by atoms with E-state index in [9.17, 15) is 4.79 Å². The summed E-state index contributed by atoms with van der Waals surface area (Å²) >= 11 is 0. The molecule has 3 rings (SSSR count). The standard InChI is InChI=1S/C18H21N3O/c1-14(17-9-5-6-12-19-17)21(18(22)20-16-10-11-16)13-15-7-3-2-4-8-15/h2-9,12,14,16H,10-11,13H2,1H3,(H,20,22)/t14-/m0/s1. The highest BCUT2D eigenvalue weighted by atomic mass is 16.2. The molecule has 0 bridgehead atoms. The van der Waals surface area contributed by atoms with Gasteiger partial charge in [-0.05, 0) is 37.5 Å². The second-order valence-electron chi connectivity index (χ2n) is 5.77. The van der Waals surface area contributed by atoms with E-state index in [-0.39, 0.29) is 12.1 Å². The van der Waals surface area contributed by atoms with Crippen LogP contribution in [0, 0.1) is 0 Å². The summed E-state index contributed by atoms with van der Waals surface area (Å²) in [5.41, 5.74) is 2.03. The predicted molar refractivity (Wildman–Crippen MR) is 86.2 cm³/mol. The molecule has 114 valence electrons. The molecule has 4 nitrogen and oxygen atoms in total. The van der Waals surface area contributed by atoms with E-state index in [1.54, 1.807) is 6.20 Å². The molecular weight excluding hydrogens is 274 g/mol. The number of hydrogen-bond donors (Lipinski definition) is 1. The van der Waals surface area contributed by atoms with Crippen LogP contribution < -0.4 is 5.32 Å². The molecule has 1 aliphatic rings. The lowest BCUT2D eigenvalue weighted by atomic mass is 10.1. The van der Waals surface area contributed by atoms with Gasteiger partial charge in [0.15, 0.2) is 0 Å². The fraction of sp³-hybridized carbons (Fsp3) is 0.333. The van der Waals surface area contributed by atoms with Crippen LogP contribution in [0.3, 0.4) is 0 Å². The van der Waals surface area contributed by atoms with Crippen LogP contribution in [0.4, 0.5) is 4.79 Å². The smallest absolute Gasteiger partial charge is 0.318 e. The van der Waals surface area contributed by atoms with Crippen molar-refractivity contribution in [1.82, 2.24) is 15.2 Å². The Labute approximate surface area is 131 Å². The molecule has 22 heavy (non-hydrogen) atoms. The summed E-state index contributed by atoms with van der Waals surface area (Å²) in [6, 6.07) is 16.2.